The Morgan fingerprint density at radius 3 is 2.04 bits per heavy atom. The summed E-state index contributed by atoms with van der Waals surface area (Å²) in [6, 6.07) is 7.02. The normalized spacial score (nSPS) is 24.0. The van der Waals surface area contributed by atoms with Crippen LogP contribution in [0.3, 0.4) is 0 Å². The van der Waals surface area contributed by atoms with E-state index in [1.54, 1.807) is 24.3 Å². The minimum atomic E-state index is -3.54. The molecule has 0 heterocycles. The zero-order valence-corrected chi connectivity index (χ0v) is 18.2. The van der Waals surface area contributed by atoms with Gasteiger partial charge in [-0.15, -0.1) is 0 Å². The van der Waals surface area contributed by atoms with Crippen LogP contribution in [0.4, 0.5) is 0 Å². The lowest BCUT2D eigenvalue weighted by Gasteiger charge is -2.37. The lowest BCUT2D eigenvalue weighted by atomic mass is 9.83. The first-order valence-electron chi connectivity index (χ1n) is 10.8. The second kappa shape index (κ2) is 8.95. The molecule has 0 spiro atoms. The number of benzene rings is 1. The van der Waals surface area contributed by atoms with Crippen LogP contribution >= 0.6 is 0 Å². The van der Waals surface area contributed by atoms with E-state index in [9.17, 15) is 13.2 Å². The third-order valence-electron chi connectivity index (χ3n) is 6.34. The average molecular weight is 407 g/mol. The molecule has 1 atom stereocenters. The van der Waals surface area contributed by atoms with Crippen molar-refractivity contribution in [2.24, 2.45) is 5.92 Å². The van der Waals surface area contributed by atoms with Crippen molar-refractivity contribution in [3.63, 3.8) is 0 Å². The first-order chi connectivity index (χ1) is 13.4. The minimum Gasteiger partial charge on any atom is -0.333 e. The molecule has 1 aromatic carbocycles. The Kier molecular flexibility index (Phi) is 6.81. The molecule has 28 heavy (non-hydrogen) atoms. The molecule has 1 aromatic rings. The zero-order valence-electron chi connectivity index (χ0n) is 17.4. The van der Waals surface area contributed by atoms with Crippen molar-refractivity contribution >= 4 is 15.9 Å². The van der Waals surface area contributed by atoms with Crippen LogP contribution in [-0.4, -0.2) is 37.4 Å². The fourth-order valence-corrected chi connectivity index (χ4v) is 5.48. The van der Waals surface area contributed by atoms with Gasteiger partial charge in [0, 0.05) is 23.7 Å². The van der Waals surface area contributed by atoms with Crippen LogP contribution < -0.4 is 4.72 Å². The van der Waals surface area contributed by atoms with E-state index >= 15 is 0 Å². The highest BCUT2D eigenvalue weighted by Crippen LogP contribution is 2.37. The molecule has 2 fully saturated rings. The Morgan fingerprint density at radius 2 is 1.57 bits per heavy atom. The molecule has 6 heteroatoms. The van der Waals surface area contributed by atoms with Crippen molar-refractivity contribution in [3.05, 3.63) is 29.8 Å². The van der Waals surface area contributed by atoms with Gasteiger partial charge < -0.3 is 4.90 Å². The van der Waals surface area contributed by atoms with E-state index < -0.39 is 10.0 Å². The number of amides is 1. The first kappa shape index (κ1) is 21.3. The third kappa shape index (κ3) is 4.95. The molecule has 1 unspecified atom stereocenters. The largest absolute Gasteiger partial charge is 0.333 e. The van der Waals surface area contributed by atoms with Gasteiger partial charge in [0.1, 0.15) is 0 Å². The van der Waals surface area contributed by atoms with E-state index in [0.29, 0.717) is 17.6 Å². The SMILES string of the molecule is CCC1CCC(N(C(=O)c2ccc(S(=O)(=O)NC(C)CC)cc2)C2CC2)CC1. The molecular weight excluding hydrogens is 372 g/mol. The summed E-state index contributed by atoms with van der Waals surface area (Å²) < 4.78 is 27.5. The molecule has 5 nitrogen and oxygen atoms in total. The van der Waals surface area contributed by atoms with Crippen LogP contribution in [0.2, 0.25) is 0 Å². The molecule has 2 aliphatic rings. The number of nitrogens with zero attached hydrogens (tertiary/aromatic N) is 1. The predicted molar refractivity (Wildman–Crippen MR) is 112 cm³/mol. The Labute approximate surface area is 169 Å². The van der Waals surface area contributed by atoms with Crippen molar-refractivity contribution in [1.82, 2.24) is 9.62 Å². The number of sulfonamides is 1. The highest BCUT2D eigenvalue weighted by atomic mass is 32.2. The molecule has 1 N–H and O–H groups in total. The Hall–Kier alpha value is -1.40. The topological polar surface area (TPSA) is 66.5 Å². The second-order valence-corrected chi connectivity index (χ2v) is 10.2. The molecule has 0 bridgehead atoms. The fraction of sp³-hybridized carbons (Fsp3) is 0.682. The maximum Gasteiger partial charge on any atom is 0.254 e. The standard InChI is InChI=1S/C22H34N2O3S/c1-4-16(3)23-28(26,27)21-14-8-18(9-15-21)22(25)24(20-12-13-20)19-10-6-17(5-2)7-11-19/h8-9,14-17,19-20,23H,4-7,10-13H2,1-3H3. The van der Waals surface area contributed by atoms with Gasteiger partial charge in [0.05, 0.1) is 4.90 Å². The van der Waals surface area contributed by atoms with E-state index in [0.717, 1.165) is 38.0 Å². The van der Waals surface area contributed by atoms with Crippen molar-refractivity contribution in [2.45, 2.75) is 95.2 Å². The smallest absolute Gasteiger partial charge is 0.254 e. The van der Waals surface area contributed by atoms with Crippen LogP contribution in [0.5, 0.6) is 0 Å². The monoisotopic (exact) mass is 406 g/mol. The van der Waals surface area contributed by atoms with E-state index in [-0.39, 0.29) is 16.8 Å². The van der Waals surface area contributed by atoms with Crippen LogP contribution in [0.25, 0.3) is 0 Å². The van der Waals surface area contributed by atoms with Gasteiger partial charge in [-0.3, -0.25) is 4.79 Å². The van der Waals surface area contributed by atoms with Gasteiger partial charge in [-0.1, -0.05) is 20.3 Å². The minimum absolute atomic E-state index is 0.0567. The predicted octanol–water partition coefficient (Wildman–Crippen LogP) is 4.34. The Bertz CT molecular complexity index is 763. The Balaban J connectivity index is 1.72. The Morgan fingerprint density at radius 1 is 1.04 bits per heavy atom. The molecule has 0 aliphatic heterocycles. The number of carbonyl (C=O) groups excluding carboxylic acids is 1. The molecular formula is C22H34N2O3S. The van der Waals surface area contributed by atoms with Crippen LogP contribution in [0, 0.1) is 5.92 Å². The maximum absolute atomic E-state index is 13.2. The van der Waals surface area contributed by atoms with Crippen molar-refractivity contribution in [2.75, 3.05) is 0 Å². The average Bonchev–Trinajstić information content (AvgIpc) is 3.53. The fourth-order valence-electron chi connectivity index (χ4n) is 4.16. The molecule has 2 saturated carbocycles. The van der Waals surface area contributed by atoms with Crippen molar-refractivity contribution in [1.29, 1.82) is 0 Å². The third-order valence-corrected chi connectivity index (χ3v) is 7.95. The van der Waals surface area contributed by atoms with E-state index in [1.165, 1.54) is 19.3 Å². The molecule has 0 aromatic heterocycles. The lowest BCUT2D eigenvalue weighted by molar-refractivity contribution is 0.0587. The van der Waals surface area contributed by atoms with Gasteiger partial charge in [0.15, 0.2) is 0 Å². The lowest BCUT2D eigenvalue weighted by Crippen LogP contribution is -2.43. The number of hydrogen-bond acceptors (Lipinski definition) is 3. The van der Waals surface area contributed by atoms with Crippen LogP contribution in [-0.2, 0) is 10.0 Å². The molecule has 156 valence electrons. The first-order valence-corrected chi connectivity index (χ1v) is 12.3. The van der Waals surface area contributed by atoms with Crippen molar-refractivity contribution in [3.8, 4) is 0 Å². The van der Waals surface area contributed by atoms with Gasteiger partial charge in [-0.2, -0.15) is 0 Å². The number of carbonyl (C=O) groups is 1. The summed E-state index contributed by atoms with van der Waals surface area (Å²) in [5, 5.41) is 0. The van der Waals surface area contributed by atoms with Gasteiger partial charge in [0.2, 0.25) is 10.0 Å². The number of hydrogen-bond donors (Lipinski definition) is 1. The van der Waals surface area contributed by atoms with Crippen LogP contribution in [0.1, 0.15) is 82.5 Å². The summed E-state index contributed by atoms with van der Waals surface area (Å²) in [6.07, 6.45) is 8.72. The molecule has 1 amide bonds. The summed E-state index contributed by atoms with van der Waals surface area (Å²) in [7, 11) is -3.54. The summed E-state index contributed by atoms with van der Waals surface area (Å²) in [5.74, 6) is 0.858. The summed E-state index contributed by atoms with van der Waals surface area (Å²) in [4.78, 5) is 15.5. The number of rotatable bonds is 8. The highest BCUT2D eigenvalue weighted by Gasteiger charge is 2.39. The van der Waals surface area contributed by atoms with E-state index in [4.69, 9.17) is 0 Å². The van der Waals surface area contributed by atoms with Gasteiger partial charge in [-0.05, 0) is 82.1 Å². The molecule has 3 rings (SSSR count). The highest BCUT2D eigenvalue weighted by molar-refractivity contribution is 7.89. The molecule has 0 saturated heterocycles. The van der Waals surface area contributed by atoms with Crippen LogP contribution in [0.15, 0.2) is 29.2 Å². The van der Waals surface area contributed by atoms with Gasteiger partial charge in [0.25, 0.3) is 5.91 Å². The summed E-state index contributed by atoms with van der Waals surface area (Å²) in [6.45, 7) is 6.03. The summed E-state index contributed by atoms with van der Waals surface area (Å²) >= 11 is 0. The van der Waals surface area contributed by atoms with E-state index in [1.807, 2.05) is 13.8 Å². The quantitative estimate of drug-likeness (QED) is 0.698. The van der Waals surface area contributed by atoms with Gasteiger partial charge >= 0.3 is 0 Å². The molecule has 0 radical (unpaired) electrons. The second-order valence-electron chi connectivity index (χ2n) is 8.48. The van der Waals surface area contributed by atoms with E-state index in [2.05, 4.69) is 16.5 Å². The molecule has 2 aliphatic carbocycles. The maximum atomic E-state index is 13.2. The van der Waals surface area contributed by atoms with Gasteiger partial charge in [-0.25, -0.2) is 13.1 Å². The zero-order chi connectivity index (χ0) is 20.3. The number of nitrogens with one attached hydrogen (secondary N) is 1. The summed E-state index contributed by atoms with van der Waals surface area (Å²) in [5.41, 5.74) is 0.590. The van der Waals surface area contributed by atoms with Crippen molar-refractivity contribution < 1.29 is 13.2 Å².